The van der Waals surface area contributed by atoms with Crippen molar-refractivity contribution in [2.24, 2.45) is 0 Å². The second-order valence-electron chi connectivity index (χ2n) is 6.51. The molecule has 1 aliphatic rings. The lowest BCUT2D eigenvalue weighted by Gasteiger charge is -2.34. The van der Waals surface area contributed by atoms with Gasteiger partial charge in [-0.15, -0.1) is 0 Å². The fraction of sp³-hybridized carbons (Fsp3) is 0.263. The summed E-state index contributed by atoms with van der Waals surface area (Å²) < 4.78 is 6.70. The average Bonchev–Trinajstić information content (AvgIpc) is 2.54. The van der Waals surface area contributed by atoms with Gasteiger partial charge in [0.15, 0.2) is 0 Å². The number of methoxy groups -OCH3 is 1. The third-order valence-electron chi connectivity index (χ3n) is 4.59. The summed E-state index contributed by atoms with van der Waals surface area (Å²) in [7, 11) is 1.60. The predicted molar refractivity (Wildman–Crippen MR) is 92.3 cm³/mol. The van der Waals surface area contributed by atoms with E-state index in [4.69, 9.17) is 4.74 Å². The first-order valence-corrected chi connectivity index (χ1v) is 7.84. The van der Waals surface area contributed by atoms with Gasteiger partial charge in [0.1, 0.15) is 17.3 Å². The number of hydrogen-bond acceptors (Lipinski definition) is 4. The molecule has 0 fully saturated rings. The highest BCUT2D eigenvalue weighted by atomic mass is 16.5. The van der Waals surface area contributed by atoms with Gasteiger partial charge in [-0.2, -0.15) is 0 Å². The molecule has 1 unspecified atom stereocenters. The Bertz CT molecular complexity index is 1030. The largest absolute Gasteiger partial charge is 0.497 e. The van der Waals surface area contributed by atoms with Gasteiger partial charge in [0.2, 0.25) is 0 Å². The first kappa shape index (κ1) is 14.9. The van der Waals surface area contributed by atoms with E-state index in [2.05, 4.69) is 4.98 Å². The second-order valence-corrected chi connectivity index (χ2v) is 6.51. The first-order chi connectivity index (χ1) is 11.4. The molecule has 5 nitrogen and oxygen atoms in total. The molecule has 24 heavy (non-hydrogen) atoms. The Morgan fingerprint density at radius 1 is 1.25 bits per heavy atom. The van der Waals surface area contributed by atoms with Crippen LogP contribution in [0.3, 0.4) is 0 Å². The van der Waals surface area contributed by atoms with E-state index in [9.17, 15) is 9.90 Å². The topological polar surface area (TPSA) is 64.3 Å². The van der Waals surface area contributed by atoms with Crippen LogP contribution in [0.1, 0.15) is 18.1 Å². The fourth-order valence-corrected chi connectivity index (χ4v) is 3.41. The van der Waals surface area contributed by atoms with Crippen molar-refractivity contribution < 1.29 is 9.84 Å². The minimum atomic E-state index is -1.32. The van der Waals surface area contributed by atoms with Crippen LogP contribution in [-0.4, -0.2) is 21.8 Å². The molecule has 1 atom stereocenters. The van der Waals surface area contributed by atoms with Crippen LogP contribution in [0.25, 0.3) is 22.3 Å². The zero-order valence-electron chi connectivity index (χ0n) is 13.8. The molecule has 0 saturated heterocycles. The molecule has 4 rings (SSSR count). The Kier molecular flexibility index (Phi) is 3.05. The van der Waals surface area contributed by atoms with Crippen LogP contribution in [0, 0.1) is 6.92 Å². The van der Waals surface area contributed by atoms with Gasteiger partial charge in [0.05, 0.1) is 18.0 Å². The summed E-state index contributed by atoms with van der Waals surface area (Å²) in [5, 5.41) is 11.4. The van der Waals surface area contributed by atoms with Crippen LogP contribution in [0.15, 0.2) is 41.2 Å². The summed E-state index contributed by atoms with van der Waals surface area (Å²) in [5.74, 6) is 1.17. The van der Waals surface area contributed by atoms with Crippen LogP contribution in [0.5, 0.6) is 5.75 Å². The Morgan fingerprint density at radius 2 is 2.04 bits per heavy atom. The van der Waals surface area contributed by atoms with Crippen LogP contribution >= 0.6 is 0 Å². The number of aryl methyl sites for hydroxylation is 1. The molecule has 122 valence electrons. The second kappa shape index (κ2) is 4.92. The van der Waals surface area contributed by atoms with Crippen LogP contribution in [0.2, 0.25) is 0 Å². The van der Waals surface area contributed by atoms with E-state index < -0.39 is 5.72 Å². The van der Waals surface area contributed by atoms with E-state index in [0.29, 0.717) is 28.9 Å². The van der Waals surface area contributed by atoms with Gasteiger partial charge in [-0.1, -0.05) is 17.7 Å². The average molecular weight is 322 g/mol. The first-order valence-electron chi connectivity index (χ1n) is 7.84. The van der Waals surface area contributed by atoms with E-state index in [-0.39, 0.29) is 5.56 Å². The number of rotatable bonds is 1. The SMILES string of the molecule is COc1ccc2c(c1)-c1nc3ccc(C)cc3c(=O)n1C(C)(O)C2. The highest BCUT2D eigenvalue weighted by Gasteiger charge is 2.35. The molecule has 1 aromatic heterocycles. The Balaban J connectivity index is 2.14. The van der Waals surface area contributed by atoms with Gasteiger partial charge in [0.25, 0.3) is 5.56 Å². The minimum Gasteiger partial charge on any atom is -0.497 e. The Labute approximate surface area is 139 Å². The highest BCUT2D eigenvalue weighted by Crippen LogP contribution is 2.36. The van der Waals surface area contributed by atoms with Gasteiger partial charge in [-0.3, -0.25) is 9.36 Å². The highest BCUT2D eigenvalue weighted by molar-refractivity contribution is 5.81. The number of ether oxygens (including phenoxy) is 1. The molecule has 0 aliphatic carbocycles. The number of aliphatic hydroxyl groups is 1. The van der Waals surface area contributed by atoms with Gasteiger partial charge < -0.3 is 9.84 Å². The van der Waals surface area contributed by atoms with E-state index in [0.717, 1.165) is 16.7 Å². The number of fused-ring (bicyclic) bond motifs is 4. The van der Waals surface area contributed by atoms with Crippen molar-refractivity contribution in [3.8, 4) is 17.1 Å². The third-order valence-corrected chi connectivity index (χ3v) is 4.59. The zero-order chi connectivity index (χ0) is 17.1. The number of hydrogen-bond donors (Lipinski definition) is 1. The van der Waals surface area contributed by atoms with E-state index in [1.165, 1.54) is 4.57 Å². The number of benzene rings is 2. The maximum Gasteiger partial charge on any atom is 0.264 e. The summed E-state index contributed by atoms with van der Waals surface area (Å²) in [4.78, 5) is 17.7. The summed E-state index contributed by atoms with van der Waals surface area (Å²) >= 11 is 0. The van der Waals surface area contributed by atoms with Crippen molar-refractivity contribution in [1.82, 2.24) is 9.55 Å². The van der Waals surface area contributed by atoms with E-state index in [1.807, 2.05) is 43.3 Å². The molecule has 0 bridgehead atoms. The summed E-state index contributed by atoms with van der Waals surface area (Å²) in [5.41, 5.74) is 1.83. The number of aromatic nitrogens is 2. The van der Waals surface area contributed by atoms with Gasteiger partial charge in [-0.25, -0.2) is 4.98 Å². The van der Waals surface area contributed by atoms with Crippen LogP contribution in [-0.2, 0) is 12.1 Å². The lowest BCUT2D eigenvalue weighted by molar-refractivity contribution is -0.0225. The molecule has 3 aromatic rings. The molecule has 0 saturated carbocycles. The van der Waals surface area contributed by atoms with E-state index >= 15 is 0 Å². The smallest absolute Gasteiger partial charge is 0.264 e. The Hall–Kier alpha value is -2.66. The van der Waals surface area contributed by atoms with Gasteiger partial charge in [-0.05, 0) is 43.7 Å². The van der Waals surface area contributed by atoms with Gasteiger partial charge >= 0.3 is 0 Å². The fourth-order valence-electron chi connectivity index (χ4n) is 3.41. The minimum absolute atomic E-state index is 0.225. The van der Waals surface area contributed by atoms with Crippen molar-refractivity contribution >= 4 is 10.9 Å². The normalized spacial score (nSPS) is 19.0. The quantitative estimate of drug-likeness (QED) is 0.748. The summed E-state index contributed by atoms with van der Waals surface area (Å²) in [6, 6.07) is 11.2. The van der Waals surface area contributed by atoms with Crippen molar-refractivity contribution in [3.05, 3.63) is 57.9 Å². The van der Waals surface area contributed by atoms with Crippen molar-refractivity contribution in [3.63, 3.8) is 0 Å². The Morgan fingerprint density at radius 3 is 2.79 bits per heavy atom. The van der Waals surface area contributed by atoms with Crippen LogP contribution < -0.4 is 10.3 Å². The van der Waals surface area contributed by atoms with Crippen molar-refractivity contribution in [2.75, 3.05) is 7.11 Å². The standard InChI is InChI=1S/C19H18N2O3/c1-11-4-7-16-15(8-11)18(22)21-17(20-16)14-9-13(24-3)6-5-12(14)10-19(21,2)23/h4-9,23H,10H2,1-3H3. The molecular formula is C19H18N2O3. The molecule has 1 aliphatic heterocycles. The number of nitrogens with zero attached hydrogens (tertiary/aromatic N) is 2. The molecule has 0 spiro atoms. The predicted octanol–water partition coefficient (Wildman–Crippen LogP) is 2.60. The molecule has 1 N–H and O–H groups in total. The summed E-state index contributed by atoms with van der Waals surface area (Å²) in [6.07, 6.45) is 0.345. The van der Waals surface area contributed by atoms with Crippen molar-refractivity contribution in [1.29, 1.82) is 0 Å². The lowest BCUT2D eigenvalue weighted by atomic mass is 9.93. The van der Waals surface area contributed by atoms with Crippen molar-refractivity contribution in [2.45, 2.75) is 26.0 Å². The maximum atomic E-state index is 13.0. The molecule has 2 aromatic carbocycles. The van der Waals surface area contributed by atoms with Crippen LogP contribution in [0.4, 0.5) is 0 Å². The van der Waals surface area contributed by atoms with Gasteiger partial charge in [0, 0.05) is 12.0 Å². The molecule has 0 amide bonds. The molecule has 0 radical (unpaired) electrons. The molecule has 2 heterocycles. The zero-order valence-corrected chi connectivity index (χ0v) is 13.8. The third kappa shape index (κ3) is 2.05. The summed E-state index contributed by atoms with van der Waals surface area (Å²) in [6.45, 7) is 3.58. The lowest BCUT2D eigenvalue weighted by Crippen LogP contribution is -2.44. The maximum absolute atomic E-state index is 13.0. The van der Waals surface area contributed by atoms with E-state index in [1.54, 1.807) is 14.0 Å². The molecular weight excluding hydrogens is 304 g/mol. The molecule has 5 heteroatoms. The monoisotopic (exact) mass is 322 g/mol.